The molecular weight excluding hydrogens is 176 g/mol. The van der Waals surface area contributed by atoms with Gasteiger partial charge in [0.15, 0.2) is 5.03 Å². The fourth-order valence-corrected chi connectivity index (χ4v) is 1.08. The van der Waals surface area contributed by atoms with Gasteiger partial charge in [0.05, 0.1) is 0 Å². The zero-order valence-electron chi connectivity index (χ0n) is 7.32. The van der Waals surface area contributed by atoms with Crippen LogP contribution < -0.4 is 10.7 Å². The number of ether oxygens (including phenoxy) is 1. The largest absolute Gasteiger partial charge is 0.359 e. The molecular formula is C6H12N4O3. The van der Waals surface area contributed by atoms with Crippen molar-refractivity contribution in [3.63, 3.8) is 0 Å². The number of aliphatic imine (C=N–C) groups is 1. The maximum atomic E-state index is 10.1. The predicted octanol–water partition coefficient (Wildman–Crippen LogP) is -0.520. The van der Waals surface area contributed by atoms with Crippen LogP contribution in [0.1, 0.15) is 12.8 Å². The molecule has 1 unspecified atom stereocenters. The third kappa shape index (κ3) is 3.24. The summed E-state index contributed by atoms with van der Waals surface area (Å²) >= 11 is 0. The standard InChI is InChI=1S/C6H12N4O3/c1-7-6(9-10(11)12)8-5-3-2-4-13-5/h5H,2-4H2,1H3,(H2,7,8,9). The molecule has 74 valence electrons. The molecule has 1 saturated heterocycles. The monoisotopic (exact) mass is 188 g/mol. The van der Waals surface area contributed by atoms with Crippen LogP contribution in [0.5, 0.6) is 0 Å². The van der Waals surface area contributed by atoms with Crippen molar-refractivity contribution in [3.05, 3.63) is 10.1 Å². The normalized spacial score (nSPS) is 22.8. The van der Waals surface area contributed by atoms with Crippen LogP contribution in [-0.2, 0) is 4.74 Å². The Kier molecular flexibility index (Phi) is 3.44. The lowest BCUT2D eigenvalue weighted by Crippen LogP contribution is -2.45. The van der Waals surface area contributed by atoms with Crippen molar-refractivity contribution in [2.75, 3.05) is 13.7 Å². The Morgan fingerprint density at radius 1 is 1.77 bits per heavy atom. The van der Waals surface area contributed by atoms with Crippen molar-refractivity contribution < 1.29 is 9.77 Å². The van der Waals surface area contributed by atoms with Crippen LogP contribution in [0.3, 0.4) is 0 Å². The van der Waals surface area contributed by atoms with Crippen LogP contribution in [0.25, 0.3) is 0 Å². The van der Waals surface area contributed by atoms with Crippen molar-refractivity contribution >= 4 is 5.96 Å². The van der Waals surface area contributed by atoms with Gasteiger partial charge in [0, 0.05) is 13.7 Å². The molecule has 7 heteroatoms. The van der Waals surface area contributed by atoms with Crippen LogP contribution >= 0.6 is 0 Å². The Morgan fingerprint density at radius 3 is 3.00 bits per heavy atom. The Morgan fingerprint density at radius 2 is 2.54 bits per heavy atom. The summed E-state index contributed by atoms with van der Waals surface area (Å²) in [7, 11) is 1.47. The molecule has 13 heavy (non-hydrogen) atoms. The number of nitrogens with one attached hydrogen (secondary N) is 2. The summed E-state index contributed by atoms with van der Waals surface area (Å²) in [5, 5.41) is 12.2. The molecule has 0 aromatic rings. The molecule has 0 radical (unpaired) electrons. The number of hydrazine groups is 1. The predicted molar refractivity (Wildman–Crippen MR) is 45.6 cm³/mol. The lowest BCUT2D eigenvalue weighted by molar-refractivity contribution is -0.525. The summed E-state index contributed by atoms with van der Waals surface area (Å²) in [6.07, 6.45) is 1.65. The second-order valence-corrected chi connectivity index (χ2v) is 2.59. The Balaban J connectivity index is 2.35. The highest BCUT2D eigenvalue weighted by atomic mass is 16.7. The fourth-order valence-electron chi connectivity index (χ4n) is 1.08. The quantitative estimate of drug-likeness (QED) is 0.263. The van der Waals surface area contributed by atoms with E-state index in [1.807, 2.05) is 5.43 Å². The molecule has 7 nitrogen and oxygen atoms in total. The number of hydrogen-bond donors (Lipinski definition) is 2. The molecule has 1 rings (SSSR count). The van der Waals surface area contributed by atoms with E-state index in [0.29, 0.717) is 6.61 Å². The molecule has 0 aromatic heterocycles. The number of nitro groups is 1. The molecule has 1 aliphatic rings. The van der Waals surface area contributed by atoms with E-state index in [9.17, 15) is 10.1 Å². The van der Waals surface area contributed by atoms with E-state index in [1.165, 1.54) is 7.05 Å². The molecule has 0 aromatic carbocycles. The zero-order chi connectivity index (χ0) is 9.68. The first-order valence-electron chi connectivity index (χ1n) is 3.98. The molecule has 0 aliphatic carbocycles. The van der Waals surface area contributed by atoms with Crippen molar-refractivity contribution in [1.29, 1.82) is 0 Å². The average Bonchev–Trinajstić information content (AvgIpc) is 2.55. The van der Waals surface area contributed by atoms with E-state index < -0.39 is 5.03 Å². The summed E-state index contributed by atoms with van der Waals surface area (Å²) in [6.45, 7) is 0.688. The summed E-state index contributed by atoms with van der Waals surface area (Å²) in [6, 6.07) is 0. The molecule has 1 atom stereocenters. The van der Waals surface area contributed by atoms with Gasteiger partial charge in [-0.1, -0.05) is 5.43 Å². The first kappa shape index (κ1) is 9.72. The number of nitrogens with zero attached hydrogens (tertiary/aromatic N) is 2. The van der Waals surface area contributed by atoms with Gasteiger partial charge in [-0.3, -0.25) is 4.99 Å². The molecule has 1 aliphatic heterocycles. The topological polar surface area (TPSA) is 88.8 Å². The SMILES string of the molecule is CN=C(NC1CCCO1)N[N+](=O)[O-]. The highest BCUT2D eigenvalue weighted by Gasteiger charge is 2.17. The van der Waals surface area contributed by atoms with Crippen LogP contribution in [0, 0.1) is 10.1 Å². The van der Waals surface area contributed by atoms with Crippen molar-refractivity contribution in [3.8, 4) is 0 Å². The maximum Gasteiger partial charge on any atom is 0.255 e. The van der Waals surface area contributed by atoms with Gasteiger partial charge in [-0.2, -0.15) is 0 Å². The van der Waals surface area contributed by atoms with E-state index in [2.05, 4.69) is 10.3 Å². The van der Waals surface area contributed by atoms with Crippen LogP contribution in [0.15, 0.2) is 4.99 Å². The second-order valence-electron chi connectivity index (χ2n) is 2.59. The molecule has 0 saturated carbocycles. The van der Waals surface area contributed by atoms with Crippen molar-refractivity contribution in [2.45, 2.75) is 19.1 Å². The van der Waals surface area contributed by atoms with E-state index >= 15 is 0 Å². The number of hydrogen-bond acceptors (Lipinski definition) is 4. The lowest BCUT2D eigenvalue weighted by Gasteiger charge is -2.12. The Bertz CT molecular complexity index is 212. The van der Waals surface area contributed by atoms with E-state index in [4.69, 9.17) is 4.74 Å². The summed E-state index contributed by atoms with van der Waals surface area (Å²) in [4.78, 5) is 13.7. The molecule has 0 bridgehead atoms. The van der Waals surface area contributed by atoms with Gasteiger partial charge in [0.2, 0.25) is 0 Å². The van der Waals surface area contributed by atoms with E-state index in [1.54, 1.807) is 0 Å². The molecule has 1 fully saturated rings. The van der Waals surface area contributed by atoms with Gasteiger partial charge < -0.3 is 10.1 Å². The highest BCUT2D eigenvalue weighted by Crippen LogP contribution is 2.08. The van der Waals surface area contributed by atoms with Gasteiger partial charge in [0.1, 0.15) is 6.23 Å². The van der Waals surface area contributed by atoms with Crippen LogP contribution in [0.4, 0.5) is 0 Å². The zero-order valence-corrected chi connectivity index (χ0v) is 7.32. The first-order valence-corrected chi connectivity index (χ1v) is 3.98. The molecule has 2 N–H and O–H groups in total. The number of rotatable bonds is 2. The minimum Gasteiger partial charge on any atom is -0.359 e. The third-order valence-corrected chi connectivity index (χ3v) is 1.65. The third-order valence-electron chi connectivity index (χ3n) is 1.65. The fraction of sp³-hybridized carbons (Fsp3) is 0.833. The summed E-state index contributed by atoms with van der Waals surface area (Å²) < 4.78 is 5.21. The lowest BCUT2D eigenvalue weighted by atomic mass is 10.3. The first-order chi connectivity index (χ1) is 6.22. The van der Waals surface area contributed by atoms with E-state index in [0.717, 1.165) is 12.8 Å². The number of guanidine groups is 1. The smallest absolute Gasteiger partial charge is 0.255 e. The Hall–Kier alpha value is -1.37. The minimum absolute atomic E-state index is 0.122. The van der Waals surface area contributed by atoms with Crippen molar-refractivity contribution in [2.24, 2.45) is 4.99 Å². The van der Waals surface area contributed by atoms with Gasteiger partial charge in [-0.15, -0.1) is 0 Å². The minimum atomic E-state index is -0.662. The van der Waals surface area contributed by atoms with Crippen LogP contribution in [0.2, 0.25) is 0 Å². The summed E-state index contributed by atoms with van der Waals surface area (Å²) in [5.74, 6) is 0.122. The molecule has 1 heterocycles. The highest BCUT2D eigenvalue weighted by molar-refractivity contribution is 5.78. The Labute approximate surface area is 75.3 Å². The molecule has 0 spiro atoms. The second kappa shape index (κ2) is 4.61. The van der Waals surface area contributed by atoms with Gasteiger partial charge >= 0.3 is 0 Å². The van der Waals surface area contributed by atoms with Gasteiger partial charge in [-0.25, -0.2) is 10.1 Å². The maximum absolute atomic E-state index is 10.1. The van der Waals surface area contributed by atoms with Crippen LogP contribution in [-0.4, -0.2) is 30.9 Å². The summed E-state index contributed by atoms with van der Waals surface area (Å²) in [5.41, 5.74) is 1.94. The van der Waals surface area contributed by atoms with Gasteiger partial charge in [-0.05, 0) is 12.8 Å². The van der Waals surface area contributed by atoms with Crippen molar-refractivity contribution in [1.82, 2.24) is 10.7 Å². The van der Waals surface area contributed by atoms with Gasteiger partial charge in [0.25, 0.3) is 5.96 Å². The average molecular weight is 188 g/mol. The van der Waals surface area contributed by atoms with E-state index in [-0.39, 0.29) is 12.2 Å². The molecule has 0 amide bonds.